The van der Waals surface area contributed by atoms with Crippen molar-refractivity contribution in [2.45, 2.75) is 37.0 Å². The van der Waals surface area contributed by atoms with Crippen molar-refractivity contribution in [1.29, 1.82) is 0 Å². The molecule has 0 radical (unpaired) electrons. The Balaban J connectivity index is 1.61. The molecule has 0 amide bonds. The van der Waals surface area contributed by atoms with Crippen LogP contribution >= 0.6 is 15.9 Å². The lowest BCUT2D eigenvalue weighted by Crippen LogP contribution is -2.37. The van der Waals surface area contributed by atoms with E-state index in [9.17, 15) is 17.6 Å². The third-order valence-corrected chi connectivity index (χ3v) is 5.02. The summed E-state index contributed by atoms with van der Waals surface area (Å²) in [5, 5.41) is 0. The molecular formula is C21H21BrF4O3. The highest BCUT2D eigenvalue weighted by molar-refractivity contribution is 9.09. The van der Waals surface area contributed by atoms with Gasteiger partial charge in [-0.05, 0) is 58.1 Å². The van der Waals surface area contributed by atoms with Gasteiger partial charge in [-0.25, -0.2) is 8.78 Å². The number of aryl methyl sites for hydroxylation is 1. The minimum absolute atomic E-state index is 0.0350. The van der Waals surface area contributed by atoms with Crippen LogP contribution in [0, 0.1) is 11.6 Å². The van der Waals surface area contributed by atoms with Crippen LogP contribution in [-0.4, -0.2) is 32.2 Å². The fourth-order valence-corrected chi connectivity index (χ4v) is 3.56. The van der Waals surface area contributed by atoms with Gasteiger partial charge in [0, 0.05) is 13.0 Å². The van der Waals surface area contributed by atoms with Crippen molar-refractivity contribution in [3.05, 3.63) is 59.2 Å². The summed E-state index contributed by atoms with van der Waals surface area (Å²) >= 11 is 2.00. The Morgan fingerprint density at radius 3 is 2.14 bits per heavy atom. The Morgan fingerprint density at radius 1 is 1.03 bits per heavy atom. The normalized spacial score (nSPS) is 20.1. The number of benzene rings is 2. The van der Waals surface area contributed by atoms with Crippen LogP contribution in [0.3, 0.4) is 0 Å². The van der Waals surface area contributed by atoms with Crippen LogP contribution in [0.4, 0.5) is 17.6 Å². The van der Waals surface area contributed by atoms with Gasteiger partial charge in [-0.3, -0.25) is 0 Å². The highest BCUT2D eigenvalue weighted by Crippen LogP contribution is 2.39. The van der Waals surface area contributed by atoms with Gasteiger partial charge in [0.25, 0.3) is 0 Å². The number of ether oxygens (including phenoxy) is 3. The molecule has 0 saturated carbocycles. The Bertz CT molecular complexity index is 793. The predicted molar refractivity (Wildman–Crippen MR) is 104 cm³/mol. The fraction of sp³-hybridized carbons (Fsp3) is 0.429. The van der Waals surface area contributed by atoms with Crippen LogP contribution in [-0.2, 0) is 25.5 Å². The molecule has 0 atom stereocenters. The van der Waals surface area contributed by atoms with Crippen molar-refractivity contribution in [2.75, 3.05) is 19.8 Å². The summed E-state index contributed by atoms with van der Waals surface area (Å²) in [5.74, 6) is -2.61. The molecule has 0 aromatic heterocycles. The summed E-state index contributed by atoms with van der Waals surface area (Å²) in [6.07, 6.45) is 1.03. The largest absolute Gasteiger partial charge is 0.374 e. The monoisotopic (exact) mass is 476 g/mol. The van der Waals surface area contributed by atoms with E-state index in [2.05, 4.69) is 0 Å². The van der Waals surface area contributed by atoms with Crippen molar-refractivity contribution in [3.63, 3.8) is 0 Å². The molecule has 0 aliphatic carbocycles. The molecule has 1 aliphatic rings. The first kappa shape index (κ1) is 22.2. The van der Waals surface area contributed by atoms with E-state index < -0.39 is 22.0 Å². The number of hydrogen-bond acceptors (Lipinski definition) is 3. The highest BCUT2D eigenvalue weighted by atomic mass is 79.9. The summed E-state index contributed by atoms with van der Waals surface area (Å²) in [6, 6.07) is 8.85. The molecule has 3 rings (SSSR count). The minimum atomic E-state index is -3.77. The quantitative estimate of drug-likeness (QED) is 0.374. The Morgan fingerprint density at radius 2 is 1.62 bits per heavy atom. The lowest BCUT2D eigenvalue weighted by molar-refractivity contribution is -0.227. The molecule has 8 heteroatoms. The van der Waals surface area contributed by atoms with Gasteiger partial charge < -0.3 is 14.2 Å². The molecule has 29 heavy (non-hydrogen) atoms. The number of halogens is 5. The summed E-state index contributed by atoms with van der Waals surface area (Å²) in [6.45, 7) is 3.53. The lowest BCUT2D eigenvalue weighted by atomic mass is 10.00. The number of hydrogen-bond donors (Lipinski definition) is 0. The average Bonchev–Trinajstić information content (AvgIpc) is 2.66. The van der Waals surface area contributed by atoms with Gasteiger partial charge in [-0.2, -0.15) is 8.78 Å². The van der Waals surface area contributed by atoms with Crippen molar-refractivity contribution < 1.29 is 31.8 Å². The maximum absolute atomic E-state index is 14.0. The van der Waals surface area contributed by atoms with Crippen LogP contribution in [0.1, 0.15) is 24.5 Å². The molecule has 2 aromatic rings. The van der Waals surface area contributed by atoms with E-state index in [1.165, 1.54) is 0 Å². The van der Waals surface area contributed by atoms with Crippen molar-refractivity contribution in [2.24, 2.45) is 0 Å². The van der Waals surface area contributed by atoms with E-state index in [4.69, 9.17) is 14.2 Å². The van der Waals surface area contributed by atoms with E-state index >= 15 is 0 Å². The summed E-state index contributed by atoms with van der Waals surface area (Å²) in [4.78, 5) is -3.77. The maximum atomic E-state index is 14.0. The minimum Gasteiger partial charge on any atom is -0.374 e. The molecular weight excluding hydrogens is 456 g/mol. The zero-order chi connectivity index (χ0) is 21.0. The van der Waals surface area contributed by atoms with Crippen LogP contribution < -0.4 is 0 Å². The molecule has 1 aliphatic heterocycles. The third kappa shape index (κ3) is 5.78. The summed E-state index contributed by atoms with van der Waals surface area (Å²) in [5.41, 5.74) is 0.419. The predicted octanol–water partition coefficient (Wildman–Crippen LogP) is 5.79. The highest BCUT2D eigenvalue weighted by Gasteiger charge is 2.34. The van der Waals surface area contributed by atoms with Crippen LogP contribution in [0.15, 0.2) is 36.4 Å². The molecule has 1 heterocycles. The SMILES string of the molecule is CCOC1COC(CCc2ccc(-c3cc(F)c(C(F)(F)Br)c(F)c3)cc2)OC1. The molecule has 158 valence electrons. The fourth-order valence-electron chi connectivity index (χ4n) is 3.18. The maximum Gasteiger partial charge on any atom is 0.332 e. The Hall–Kier alpha value is -1.48. The van der Waals surface area contributed by atoms with E-state index in [0.717, 1.165) is 17.7 Å². The molecule has 0 spiro atoms. The van der Waals surface area contributed by atoms with Crippen LogP contribution in [0.5, 0.6) is 0 Å². The van der Waals surface area contributed by atoms with Crippen LogP contribution in [0.2, 0.25) is 0 Å². The van der Waals surface area contributed by atoms with E-state index in [1.807, 2.05) is 35.0 Å². The molecule has 3 nitrogen and oxygen atoms in total. The molecule has 1 saturated heterocycles. The standard InChI is InChI=1S/C21H21BrF4O3/c1-2-27-16-11-28-19(29-12-16)8-5-13-3-6-14(7-4-13)15-9-17(23)20(18(24)10-15)21(22,25)26/h3-4,6-7,9-10,16,19H,2,5,8,11-12H2,1H3. The first-order valence-corrected chi connectivity index (χ1v) is 10.1. The van der Waals surface area contributed by atoms with Gasteiger partial charge in [0.05, 0.1) is 13.2 Å². The molecule has 0 unspecified atom stereocenters. The Labute approximate surface area is 175 Å². The smallest absolute Gasteiger partial charge is 0.332 e. The summed E-state index contributed by atoms with van der Waals surface area (Å²) in [7, 11) is 0. The second kappa shape index (κ2) is 9.55. The zero-order valence-corrected chi connectivity index (χ0v) is 17.4. The first-order valence-electron chi connectivity index (χ1n) is 9.28. The number of alkyl halides is 3. The number of rotatable bonds is 7. The van der Waals surface area contributed by atoms with Gasteiger partial charge in [-0.1, -0.05) is 24.3 Å². The van der Waals surface area contributed by atoms with E-state index in [-0.39, 0.29) is 18.0 Å². The van der Waals surface area contributed by atoms with Gasteiger partial charge >= 0.3 is 4.83 Å². The second-order valence-electron chi connectivity index (χ2n) is 6.72. The second-order valence-corrected chi connectivity index (χ2v) is 7.72. The molecule has 1 fully saturated rings. The molecule has 0 bridgehead atoms. The van der Waals surface area contributed by atoms with Gasteiger partial charge in [0.2, 0.25) is 0 Å². The van der Waals surface area contributed by atoms with Crippen molar-refractivity contribution in [3.8, 4) is 11.1 Å². The topological polar surface area (TPSA) is 27.7 Å². The van der Waals surface area contributed by atoms with E-state index in [0.29, 0.717) is 38.2 Å². The average molecular weight is 477 g/mol. The summed E-state index contributed by atoms with van der Waals surface area (Å²) < 4.78 is 71.2. The van der Waals surface area contributed by atoms with E-state index in [1.54, 1.807) is 12.1 Å². The lowest BCUT2D eigenvalue weighted by Gasteiger charge is -2.29. The third-order valence-electron chi connectivity index (χ3n) is 4.62. The van der Waals surface area contributed by atoms with Gasteiger partial charge in [0.1, 0.15) is 23.3 Å². The molecule has 2 aromatic carbocycles. The van der Waals surface area contributed by atoms with Crippen molar-refractivity contribution in [1.82, 2.24) is 0 Å². The Kier molecular flexibility index (Phi) is 7.32. The van der Waals surface area contributed by atoms with Gasteiger partial charge in [-0.15, -0.1) is 0 Å². The molecule has 0 N–H and O–H groups in total. The van der Waals surface area contributed by atoms with Gasteiger partial charge in [0.15, 0.2) is 6.29 Å². The first-order chi connectivity index (χ1) is 13.8. The zero-order valence-electron chi connectivity index (χ0n) is 15.8. The van der Waals surface area contributed by atoms with Crippen LogP contribution in [0.25, 0.3) is 11.1 Å². The van der Waals surface area contributed by atoms with Crippen molar-refractivity contribution >= 4 is 15.9 Å².